The normalized spacial score (nSPS) is 12.6. The van der Waals surface area contributed by atoms with Crippen LogP contribution in [0.5, 0.6) is 11.5 Å². The van der Waals surface area contributed by atoms with Crippen molar-refractivity contribution in [2.75, 3.05) is 0 Å². The van der Waals surface area contributed by atoms with Crippen LogP contribution in [0.2, 0.25) is 0 Å². The van der Waals surface area contributed by atoms with Crippen molar-refractivity contribution >= 4 is 16.8 Å². The van der Waals surface area contributed by atoms with Crippen molar-refractivity contribution in [2.24, 2.45) is 0 Å². The van der Waals surface area contributed by atoms with Crippen LogP contribution in [0.25, 0.3) is 10.9 Å². The van der Waals surface area contributed by atoms with E-state index in [1.54, 1.807) is 0 Å². The number of hydrogen-bond acceptors (Lipinski definition) is 4. The molecule has 4 heteroatoms. The van der Waals surface area contributed by atoms with Crippen molar-refractivity contribution in [3.8, 4) is 11.5 Å². The van der Waals surface area contributed by atoms with Gasteiger partial charge in [0.2, 0.25) is 5.90 Å². The highest BCUT2D eigenvalue weighted by molar-refractivity contribution is 5.95. The lowest BCUT2D eigenvalue weighted by Gasteiger charge is -2.11. The van der Waals surface area contributed by atoms with Crippen LogP contribution in [0.4, 0.5) is 0 Å². The molecule has 4 nitrogen and oxygen atoms in total. The Hall–Kier alpha value is -3.66. The van der Waals surface area contributed by atoms with Gasteiger partial charge in [-0.15, -0.1) is 0 Å². The molecule has 1 aromatic heterocycles. The average molecular weight is 366 g/mol. The number of pyridine rings is 1. The smallest absolute Gasteiger partial charge is 0.219 e. The molecule has 3 aromatic carbocycles. The summed E-state index contributed by atoms with van der Waals surface area (Å²) in [4.78, 5) is 4.65. The van der Waals surface area contributed by atoms with Crippen molar-refractivity contribution in [3.63, 3.8) is 0 Å². The minimum atomic E-state index is 0.184. The molecule has 0 saturated heterocycles. The van der Waals surface area contributed by atoms with E-state index in [4.69, 9.17) is 14.9 Å². The fourth-order valence-corrected chi connectivity index (χ4v) is 3.50. The van der Waals surface area contributed by atoms with E-state index in [9.17, 15) is 0 Å². The third-order valence-electron chi connectivity index (χ3n) is 4.93. The molecule has 4 aromatic rings. The molecule has 0 aliphatic carbocycles. The summed E-state index contributed by atoms with van der Waals surface area (Å²) in [5.74, 6) is 1.66. The Balaban J connectivity index is 1.39. The van der Waals surface area contributed by atoms with Crippen molar-refractivity contribution in [3.05, 3.63) is 101 Å². The molecule has 0 bridgehead atoms. The van der Waals surface area contributed by atoms with Gasteiger partial charge >= 0.3 is 0 Å². The summed E-state index contributed by atoms with van der Waals surface area (Å²) in [7, 11) is 0. The quantitative estimate of drug-likeness (QED) is 0.547. The van der Waals surface area contributed by atoms with Crippen molar-refractivity contribution < 1.29 is 9.47 Å². The van der Waals surface area contributed by atoms with Gasteiger partial charge < -0.3 is 9.47 Å². The average Bonchev–Trinajstić information content (AvgIpc) is 2.87. The Morgan fingerprint density at radius 2 is 1.75 bits per heavy atom. The third kappa shape index (κ3) is 3.09. The number of benzene rings is 3. The lowest BCUT2D eigenvalue weighted by atomic mass is 10.0. The Bertz CT molecular complexity index is 1200. The van der Waals surface area contributed by atoms with Crippen molar-refractivity contribution in [1.82, 2.24) is 4.98 Å². The minimum Gasteiger partial charge on any atom is -0.487 e. The molecule has 28 heavy (non-hydrogen) atoms. The Kier molecular flexibility index (Phi) is 4.02. The number of ether oxygens (including phenoxy) is 2. The zero-order valence-corrected chi connectivity index (χ0v) is 15.2. The highest BCUT2D eigenvalue weighted by Gasteiger charge is 2.18. The van der Waals surface area contributed by atoms with Crippen LogP contribution in [0.1, 0.15) is 22.4 Å². The Labute approximate surface area is 162 Å². The highest BCUT2D eigenvalue weighted by Crippen LogP contribution is 2.31. The van der Waals surface area contributed by atoms with Gasteiger partial charge in [-0.2, -0.15) is 0 Å². The topological polar surface area (TPSA) is 55.2 Å². The highest BCUT2D eigenvalue weighted by atomic mass is 16.5. The monoisotopic (exact) mass is 366 g/mol. The SMILES string of the molecule is N=C1Oc2ccc(OCc3ccc4ccccc4n3)cc2Cc2ccccc21. The maximum absolute atomic E-state index is 8.19. The molecular formula is C24H18N2O2. The number of hydrogen-bond donors (Lipinski definition) is 1. The maximum Gasteiger partial charge on any atom is 0.219 e. The number of nitrogens with one attached hydrogen (secondary N) is 1. The lowest BCUT2D eigenvalue weighted by molar-refractivity contribution is 0.301. The Morgan fingerprint density at radius 3 is 2.71 bits per heavy atom. The summed E-state index contributed by atoms with van der Waals surface area (Å²) < 4.78 is 11.8. The third-order valence-corrected chi connectivity index (χ3v) is 4.93. The van der Waals surface area contributed by atoms with Gasteiger partial charge in [0, 0.05) is 22.9 Å². The molecule has 0 amide bonds. The second-order valence-corrected chi connectivity index (χ2v) is 6.82. The Morgan fingerprint density at radius 1 is 0.893 bits per heavy atom. The second kappa shape index (κ2) is 6.82. The van der Waals surface area contributed by atoms with Gasteiger partial charge in [-0.3, -0.25) is 5.41 Å². The fourth-order valence-electron chi connectivity index (χ4n) is 3.50. The molecule has 0 unspecified atom stereocenters. The summed E-state index contributed by atoms with van der Waals surface area (Å²) in [6.07, 6.45) is 0.708. The largest absolute Gasteiger partial charge is 0.487 e. The lowest BCUT2D eigenvalue weighted by Crippen LogP contribution is -2.08. The molecule has 0 saturated carbocycles. The molecule has 5 rings (SSSR count). The van der Waals surface area contributed by atoms with Crippen LogP contribution < -0.4 is 9.47 Å². The first-order valence-corrected chi connectivity index (χ1v) is 9.21. The maximum atomic E-state index is 8.19. The van der Waals surface area contributed by atoms with Crippen LogP contribution in [-0.4, -0.2) is 10.9 Å². The van der Waals surface area contributed by atoms with Crippen LogP contribution in [0, 0.1) is 5.41 Å². The summed E-state index contributed by atoms with van der Waals surface area (Å²) >= 11 is 0. The number of para-hydroxylation sites is 1. The number of rotatable bonds is 3. The van der Waals surface area contributed by atoms with Crippen LogP contribution in [0.15, 0.2) is 78.9 Å². The van der Waals surface area contributed by atoms with E-state index in [-0.39, 0.29) is 5.90 Å². The zero-order valence-electron chi connectivity index (χ0n) is 15.2. The van der Waals surface area contributed by atoms with Crippen LogP contribution in [-0.2, 0) is 13.0 Å². The van der Waals surface area contributed by atoms with E-state index in [0.29, 0.717) is 18.8 Å². The van der Waals surface area contributed by atoms with Gasteiger partial charge in [0.05, 0.1) is 11.2 Å². The summed E-state index contributed by atoms with van der Waals surface area (Å²) in [5.41, 5.74) is 4.78. The summed E-state index contributed by atoms with van der Waals surface area (Å²) in [6, 6.07) is 25.7. The van der Waals surface area contributed by atoms with E-state index in [2.05, 4.69) is 17.1 Å². The first kappa shape index (κ1) is 16.5. The van der Waals surface area contributed by atoms with Gasteiger partial charge in [-0.05, 0) is 42.0 Å². The number of fused-ring (bicyclic) bond motifs is 3. The molecule has 1 N–H and O–H groups in total. The summed E-state index contributed by atoms with van der Waals surface area (Å²) in [5, 5.41) is 9.31. The van der Waals surface area contributed by atoms with Gasteiger partial charge in [0.15, 0.2) is 0 Å². The second-order valence-electron chi connectivity index (χ2n) is 6.82. The first-order valence-electron chi connectivity index (χ1n) is 9.21. The molecule has 0 fully saturated rings. The van der Waals surface area contributed by atoms with Crippen LogP contribution in [0.3, 0.4) is 0 Å². The zero-order chi connectivity index (χ0) is 18.9. The summed E-state index contributed by atoms with van der Waals surface area (Å²) in [6.45, 7) is 0.400. The van der Waals surface area contributed by atoms with E-state index in [1.165, 1.54) is 0 Å². The van der Waals surface area contributed by atoms with E-state index in [1.807, 2.05) is 66.7 Å². The van der Waals surface area contributed by atoms with Crippen LogP contribution >= 0.6 is 0 Å². The molecule has 0 spiro atoms. The van der Waals surface area contributed by atoms with Gasteiger partial charge in [-0.1, -0.05) is 42.5 Å². The first-order chi connectivity index (χ1) is 13.8. The molecule has 136 valence electrons. The van der Waals surface area contributed by atoms with Crippen molar-refractivity contribution in [1.29, 1.82) is 5.41 Å². The molecule has 1 aliphatic heterocycles. The number of aromatic nitrogens is 1. The van der Waals surface area contributed by atoms with E-state index >= 15 is 0 Å². The van der Waals surface area contributed by atoms with Gasteiger partial charge in [-0.25, -0.2) is 4.98 Å². The van der Waals surface area contributed by atoms with Crippen molar-refractivity contribution in [2.45, 2.75) is 13.0 Å². The standard InChI is InChI=1S/C24H18N2O2/c25-24-21-7-3-1-6-17(21)13-18-14-20(11-12-23(18)28-24)27-15-19-10-9-16-5-2-4-8-22(16)26-19/h1-12,14,25H,13,15H2. The predicted octanol–water partition coefficient (Wildman–Crippen LogP) is 5.12. The minimum absolute atomic E-state index is 0.184. The number of nitrogens with zero attached hydrogens (tertiary/aromatic N) is 1. The molecule has 0 radical (unpaired) electrons. The van der Waals surface area contributed by atoms with Gasteiger partial charge in [0.25, 0.3) is 0 Å². The fraction of sp³-hybridized carbons (Fsp3) is 0.0833. The van der Waals surface area contributed by atoms with E-state index < -0.39 is 0 Å². The molecule has 1 aliphatic rings. The molecule has 2 heterocycles. The molecular weight excluding hydrogens is 348 g/mol. The van der Waals surface area contributed by atoms with Gasteiger partial charge in [0.1, 0.15) is 18.1 Å². The van der Waals surface area contributed by atoms with E-state index in [0.717, 1.165) is 39.0 Å². The molecule has 0 atom stereocenters. The predicted molar refractivity (Wildman–Crippen MR) is 109 cm³/mol.